The van der Waals surface area contributed by atoms with E-state index in [2.05, 4.69) is 34.9 Å². The zero-order valence-corrected chi connectivity index (χ0v) is 11.9. The molecule has 0 atom stereocenters. The predicted octanol–water partition coefficient (Wildman–Crippen LogP) is 1.16. The van der Waals surface area contributed by atoms with Crippen molar-refractivity contribution in [2.75, 3.05) is 37.6 Å². The molecule has 1 aromatic carbocycles. The first-order chi connectivity index (χ1) is 9.83. The number of nitrogens with one attached hydrogen (secondary N) is 2. The molecule has 4 nitrogen and oxygen atoms in total. The Hall–Kier alpha value is -1.39. The monoisotopic (exact) mass is 273 g/mol. The average molecular weight is 273 g/mol. The Labute approximate surface area is 120 Å². The van der Waals surface area contributed by atoms with Crippen molar-refractivity contribution in [2.24, 2.45) is 5.92 Å². The minimum atomic E-state index is 0.176. The number of hydrogen-bond acceptors (Lipinski definition) is 3. The molecule has 2 fully saturated rings. The van der Waals surface area contributed by atoms with E-state index in [1.54, 1.807) is 0 Å². The van der Waals surface area contributed by atoms with Crippen molar-refractivity contribution in [3.05, 3.63) is 29.8 Å². The van der Waals surface area contributed by atoms with Crippen molar-refractivity contribution in [3.63, 3.8) is 0 Å². The zero-order chi connectivity index (χ0) is 13.8. The molecular formula is C16H23N3O. The third-order valence-corrected chi connectivity index (χ3v) is 4.29. The Balaban J connectivity index is 1.70. The lowest BCUT2D eigenvalue weighted by Gasteiger charge is -2.28. The van der Waals surface area contributed by atoms with Crippen LogP contribution in [0.15, 0.2) is 24.3 Å². The van der Waals surface area contributed by atoms with E-state index < -0.39 is 0 Å². The lowest BCUT2D eigenvalue weighted by atomic mass is 9.91. The number of anilines is 1. The largest absolute Gasteiger partial charge is 0.317 e. The summed E-state index contributed by atoms with van der Waals surface area (Å²) < 4.78 is 0. The average Bonchev–Trinajstić information content (AvgIpc) is 2.49. The van der Waals surface area contributed by atoms with Gasteiger partial charge in [-0.15, -0.1) is 0 Å². The number of carbonyl (C=O) groups excluding carboxylic acids is 1. The van der Waals surface area contributed by atoms with Crippen LogP contribution in [0.1, 0.15) is 18.4 Å². The van der Waals surface area contributed by atoms with Crippen LogP contribution in [0.5, 0.6) is 0 Å². The molecule has 3 rings (SSSR count). The molecule has 2 heterocycles. The van der Waals surface area contributed by atoms with E-state index in [9.17, 15) is 4.79 Å². The molecule has 2 N–H and O–H groups in total. The molecule has 20 heavy (non-hydrogen) atoms. The van der Waals surface area contributed by atoms with E-state index >= 15 is 0 Å². The summed E-state index contributed by atoms with van der Waals surface area (Å²) in [6, 6.07) is 8.53. The van der Waals surface area contributed by atoms with Crippen molar-refractivity contribution in [2.45, 2.75) is 19.3 Å². The van der Waals surface area contributed by atoms with Crippen LogP contribution in [0.3, 0.4) is 0 Å². The van der Waals surface area contributed by atoms with Gasteiger partial charge in [-0.1, -0.05) is 12.1 Å². The second-order valence-corrected chi connectivity index (χ2v) is 5.79. The van der Waals surface area contributed by atoms with E-state index in [-0.39, 0.29) is 5.91 Å². The third kappa shape index (κ3) is 3.19. The van der Waals surface area contributed by atoms with E-state index in [1.165, 1.54) is 18.4 Å². The Bertz CT molecular complexity index is 469. The normalized spacial score (nSPS) is 21.2. The van der Waals surface area contributed by atoms with Crippen LogP contribution in [0, 0.1) is 5.92 Å². The fourth-order valence-corrected chi connectivity index (χ4v) is 3.15. The lowest BCUT2D eigenvalue weighted by molar-refractivity contribution is -0.118. The first-order valence-corrected chi connectivity index (χ1v) is 7.63. The molecule has 2 aliphatic heterocycles. The van der Waals surface area contributed by atoms with E-state index in [1.807, 2.05) is 4.90 Å². The topological polar surface area (TPSA) is 44.4 Å². The summed E-state index contributed by atoms with van der Waals surface area (Å²) >= 11 is 0. The van der Waals surface area contributed by atoms with Crippen LogP contribution in [0.2, 0.25) is 0 Å². The summed E-state index contributed by atoms with van der Waals surface area (Å²) in [4.78, 5) is 13.9. The standard InChI is InChI=1S/C16H23N3O/c20-16-12-18-8-9-19(16)15-3-1-2-14(11-15)10-13-4-6-17-7-5-13/h1-3,11,13,17-18H,4-10,12H2. The molecule has 1 amide bonds. The Morgan fingerprint density at radius 3 is 2.80 bits per heavy atom. The van der Waals surface area contributed by atoms with Crippen LogP contribution < -0.4 is 15.5 Å². The minimum Gasteiger partial charge on any atom is -0.317 e. The van der Waals surface area contributed by atoms with Gasteiger partial charge in [0, 0.05) is 18.8 Å². The van der Waals surface area contributed by atoms with Crippen molar-refractivity contribution in [1.82, 2.24) is 10.6 Å². The van der Waals surface area contributed by atoms with Crippen molar-refractivity contribution >= 4 is 11.6 Å². The highest BCUT2D eigenvalue weighted by atomic mass is 16.2. The second-order valence-electron chi connectivity index (χ2n) is 5.79. The first-order valence-electron chi connectivity index (χ1n) is 7.63. The summed E-state index contributed by atoms with van der Waals surface area (Å²) in [5.41, 5.74) is 2.42. The van der Waals surface area contributed by atoms with Crippen LogP contribution in [-0.2, 0) is 11.2 Å². The van der Waals surface area contributed by atoms with Gasteiger partial charge in [0.25, 0.3) is 0 Å². The van der Waals surface area contributed by atoms with Crippen molar-refractivity contribution < 1.29 is 4.79 Å². The Morgan fingerprint density at radius 2 is 2.00 bits per heavy atom. The van der Waals surface area contributed by atoms with Gasteiger partial charge < -0.3 is 15.5 Å². The van der Waals surface area contributed by atoms with E-state index in [4.69, 9.17) is 0 Å². The van der Waals surface area contributed by atoms with Gasteiger partial charge in [-0.3, -0.25) is 4.79 Å². The summed E-state index contributed by atoms with van der Waals surface area (Å²) in [5, 5.41) is 6.53. The molecule has 0 spiro atoms. The number of carbonyl (C=O) groups is 1. The lowest BCUT2D eigenvalue weighted by Crippen LogP contribution is -2.48. The molecule has 0 unspecified atom stereocenters. The fraction of sp³-hybridized carbons (Fsp3) is 0.562. The van der Waals surface area contributed by atoms with Crippen molar-refractivity contribution in [3.8, 4) is 0 Å². The number of amides is 1. The molecule has 108 valence electrons. The highest BCUT2D eigenvalue weighted by molar-refractivity contribution is 5.95. The molecular weight excluding hydrogens is 250 g/mol. The number of hydrogen-bond donors (Lipinski definition) is 2. The molecule has 1 aromatic rings. The smallest absolute Gasteiger partial charge is 0.240 e. The summed E-state index contributed by atoms with van der Waals surface area (Å²) in [6.45, 7) is 4.39. The van der Waals surface area contributed by atoms with Gasteiger partial charge in [0.15, 0.2) is 0 Å². The van der Waals surface area contributed by atoms with Crippen LogP contribution >= 0.6 is 0 Å². The van der Waals surface area contributed by atoms with E-state index in [0.29, 0.717) is 6.54 Å². The quantitative estimate of drug-likeness (QED) is 0.869. The van der Waals surface area contributed by atoms with Crippen LogP contribution in [0.25, 0.3) is 0 Å². The highest BCUT2D eigenvalue weighted by Crippen LogP contribution is 2.22. The fourth-order valence-electron chi connectivity index (χ4n) is 3.15. The number of nitrogens with zero attached hydrogens (tertiary/aromatic N) is 1. The summed E-state index contributed by atoms with van der Waals surface area (Å²) in [5.74, 6) is 0.959. The van der Waals surface area contributed by atoms with Crippen LogP contribution in [-0.4, -0.2) is 38.6 Å². The molecule has 0 bridgehead atoms. The number of rotatable bonds is 3. The van der Waals surface area contributed by atoms with Gasteiger partial charge in [-0.05, 0) is 56.0 Å². The van der Waals surface area contributed by atoms with Gasteiger partial charge >= 0.3 is 0 Å². The van der Waals surface area contributed by atoms with Crippen LogP contribution in [0.4, 0.5) is 5.69 Å². The van der Waals surface area contributed by atoms with E-state index in [0.717, 1.165) is 44.2 Å². The zero-order valence-electron chi connectivity index (χ0n) is 11.9. The maximum atomic E-state index is 12.0. The maximum Gasteiger partial charge on any atom is 0.240 e. The number of benzene rings is 1. The highest BCUT2D eigenvalue weighted by Gasteiger charge is 2.20. The van der Waals surface area contributed by atoms with Gasteiger partial charge in [0.2, 0.25) is 5.91 Å². The third-order valence-electron chi connectivity index (χ3n) is 4.29. The second kappa shape index (κ2) is 6.37. The van der Waals surface area contributed by atoms with Gasteiger partial charge in [-0.2, -0.15) is 0 Å². The molecule has 0 aliphatic carbocycles. The number of piperidine rings is 1. The summed E-state index contributed by atoms with van der Waals surface area (Å²) in [6.07, 6.45) is 3.66. The van der Waals surface area contributed by atoms with Gasteiger partial charge in [0.05, 0.1) is 6.54 Å². The molecule has 2 saturated heterocycles. The first kappa shape index (κ1) is 13.6. The molecule has 0 saturated carbocycles. The Morgan fingerprint density at radius 1 is 1.15 bits per heavy atom. The Kier molecular flexibility index (Phi) is 4.33. The molecule has 0 radical (unpaired) electrons. The van der Waals surface area contributed by atoms with Gasteiger partial charge in [-0.25, -0.2) is 0 Å². The van der Waals surface area contributed by atoms with Gasteiger partial charge in [0.1, 0.15) is 0 Å². The summed E-state index contributed by atoms with van der Waals surface area (Å²) in [7, 11) is 0. The minimum absolute atomic E-state index is 0.176. The maximum absolute atomic E-state index is 12.0. The SMILES string of the molecule is O=C1CNCCN1c1cccc(CC2CCNCC2)c1. The van der Waals surface area contributed by atoms with Crippen molar-refractivity contribution in [1.29, 1.82) is 0 Å². The molecule has 4 heteroatoms. The molecule has 2 aliphatic rings. The predicted molar refractivity (Wildman–Crippen MR) is 81.0 cm³/mol. The molecule has 0 aromatic heterocycles. The number of piperazine rings is 1.